The number of rotatable bonds is 5. The molecule has 0 bridgehead atoms. The topological polar surface area (TPSA) is 17.8 Å². The first-order valence-electron chi connectivity index (χ1n) is 20.2. The Balaban J connectivity index is 1.44. The third-order valence-electron chi connectivity index (χ3n) is 8.52. The van der Waals surface area contributed by atoms with Gasteiger partial charge in [0, 0.05) is 16.3 Å². The molecule has 0 saturated heterocycles. The second-order valence-electron chi connectivity index (χ2n) is 11.2. The molecule has 0 aliphatic heterocycles. The highest BCUT2D eigenvalue weighted by Crippen LogP contribution is 2.45. The average molecular weight is 609 g/mol. The van der Waals surface area contributed by atoms with Crippen LogP contribution >= 0.6 is 0 Å². The van der Waals surface area contributed by atoms with Crippen molar-refractivity contribution in [2.75, 3.05) is 0 Å². The van der Waals surface area contributed by atoms with Crippen LogP contribution in [0, 0.1) is 0 Å². The van der Waals surface area contributed by atoms with Crippen molar-refractivity contribution in [3.63, 3.8) is 0 Å². The quantitative estimate of drug-likeness (QED) is 0.178. The Bertz CT molecular complexity index is 2940. The van der Waals surface area contributed by atoms with Crippen molar-refractivity contribution in [1.29, 1.82) is 0 Å². The van der Waals surface area contributed by atoms with Gasteiger partial charge in [0.2, 0.25) is 0 Å². The summed E-state index contributed by atoms with van der Waals surface area (Å²) in [6.45, 7) is 0. The average Bonchev–Trinajstić information content (AvgIpc) is 3.62. The molecule has 0 amide bonds. The molecular formula is C45H30N2. The minimum atomic E-state index is -0.537. The molecule has 0 aliphatic carbocycles. The first-order valence-corrected chi connectivity index (χ1v) is 15.2. The summed E-state index contributed by atoms with van der Waals surface area (Å²) < 4.78 is 88.1. The van der Waals surface area contributed by atoms with Crippen molar-refractivity contribution in [1.82, 2.24) is 9.55 Å². The van der Waals surface area contributed by atoms with Crippen LogP contribution in [0.4, 0.5) is 0 Å². The van der Waals surface area contributed by atoms with Crippen molar-refractivity contribution in [3.8, 4) is 50.5 Å². The van der Waals surface area contributed by atoms with Gasteiger partial charge >= 0.3 is 0 Å². The fourth-order valence-electron chi connectivity index (χ4n) is 6.54. The van der Waals surface area contributed by atoms with E-state index in [1.54, 1.807) is 12.1 Å². The van der Waals surface area contributed by atoms with Crippen LogP contribution in [-0.2, 0) is 0 Å². The van der Waals surface area contributed by atoms with Gasteiger partial charge in [0.1, 0.15) is 5.82 Å². The molecule has 0 spiro atoms. The molecule has 0 N–H and O–H groups in total. The first-order chi connectivity index (χ1) is 27.5. The van der Waals surface area contributed by atoms with Crippen LogP contribution in [0.2, 0.25) is 0 Å². The summed E-state index contributed by atoms with van der Waals surface area (Å²) >= 11 is 0. The molecule has 0 unspecified atom stereocenters. The van der Waals surface area contributed by atoms with Crippen LogP contribution in [0.3, 0.4) is 0 Å². The SMILES string of the molecule is [2H]c1c([2H])c([2H])c(-c2cc(-c3c([2H])c([2H])c([2H])c([2H])c3[2H])cc(-c3c4ccccc4c(-n4c(-c5ccccc5)nc5ccccc54)c4ccccc34)c2)c([2H])c1[2H]. The summed E-state index contributed by atoms with van der Waals surface area (Å²) in [5.74, 6) is 0.756. The number of para-hydroxylation sites is 2. The predicted molar refractivity (Wildman–Crippen MR) is 198 cm³/mol. The van der Waals surface area contributed by atoms with Crippen LogP contribution in [0.15, 0.2) is 182 Å². The van der Waals surface area contributed by atoms with Gasteiger partial charge in [-0.05, 0) is 74.5 Å². The van der Waals surface area contributed by atoms with Crippen molar-refractivity contribution in [2.45, 2.75) is 0 Å². The molecule has 220 valence electrons. The molecular weight excluding hydrogens is 569 g/mol. The number of nitrogens with zero attached hydrogens (tertiary/aromatic N) is 2. The predicted octanol–water partition coefficient (Wildman–Crippen LogP) is 12.0. The molecule has 0 saturated carbocycles. The Morgan fingerprint density at radius 1 is 0.426 bits per heavy atom. The van der Waals surface area contributed by atoms with Gasteiger partial charge in [0.25, 0.3) is 0 Å². The van der Waals surface area contributed by atoms with Crippen LogP contribution in [0.1, 0.15) is 13.7 Å². The van der Waals surface area contributed by atoms with Gasteiger partial charge in [0.05, 0.1) is 30.4 Å². The van der Waals surface area contributed by atoms with Crippen LogP contribution in [0.5, 0.6) is 0 Å². The highest BCUT2D eigenvalue weighted by atomic mass is 15.1. The molecule has 1 aromatic heterocycles. The van der Waals surface area contributed by atoms with E-state index in [9.17, 15) is 0 Å². The largest absolute Gasteiger partial charge is 0.291 e. The van der Waals surface area contributed by atoms with Crippen LogP contribution < -0.4 is 0 Å². The molecule has 0 aliphatic rings. The number of hydrogen-bond acceptors (Lipinski definition) is 1. The molecule has 2 heteroatoms. The molecule has 0 fully saturated rings. The van der Waals surface area contributed by atoms with E-state index in [0.29, 0.717) is 5.56 Å². The van der Waals surface area contributed by atoms with Crippen LogP contribution in [0.25, 0.3) is 83.0 Å². The Morgan fingerprint density at radius 3 is 1.51 bits per heavy atom. The maximum absolute atomic E-state index is 8.89. The van der Waals surface area contributed by atoms with E-state index in [2.05, 4.69) is 4.57 Å². The Kier molecular flexibility index (Phi) is 4.48. The minimum Gasteiger partial charge on any atom is -0.291 e. The lowest BCUT2D eigenvalue weighted by molar-refractivity contribution is 1.13. The first kappa shape index (κ1) is 18.7. The van der Waals surface area contributed by atoms with Crippen molar-refractivity contribution >= 4 is 32.6 Å². The molecule has 2 nitrogen and oxygen atoms in total. The lowest BCUT2D eigenvalue weighted by Gasteiger charge is -2.21. The minimum absolute atomic E-state index is 0.0703. The Hall–Kier alpha value is -6.25. The second kappa shape index (κ2) is 11.3. The number of hydrogen-bond donors (Lipinski definition) is 0. The van der Waals surface area contributed by atoms with Gasteiger partial charge in [-0.1, -0.05) is 151 Å². The highest BCUT2D eigenvalue weighted by Gasteiger charge is 2.22. The lowest BCUT2D eigenvalue weighted by Crippen LogP contribution is -2.01. The molecule has 9 aromatic rings. The standard InChI is InChI=1S/C45H30N2/c1-4-16-31(17-5-1)34-28-35(32-18-6-2-7-19-32)30-36(29-34)43-37-22-10-12-24-39(37)44(40-25-13-11-23-38(40)43)47-42-27-15-14-26-41(42)46-45(47)33-20-8-3-9-21-33/h1-30H/i1D,2D,4D,5D,6D,7D,16D,17D,18D,19D. The molecule has 9 rings (SSSR count). The molecule has 1 heterocycles. The zero-order valence-electron chi connectivity index (χ0n) is 34.9. The van der Waals surface area contributed by atoms with Gasteiger partial charge in [-0.25, -0.2) is 4.98 Å². The maximum atomic E-state index is 8.89. The van der Waals surface area contributed by atoms with E-state index in [0.717, 1.165) is 55.2 Å². The molecule has 47 heavy (non-hydrogen) atoms. The third kappa shape index (κ3) is 4.62. The maximum Gasteiger partial charge on any atom is 0.145 e. The summed E-state index contributed by atoms with van der Waals surface area (Å²) in [6.07, 6.45) is 0. The van der Waals surface area contributed by atoms with E-state index in [-0.39, 0.29) is 22.3 Å². The third-order valence-corrected chi connectivity index (χ3v) is 8.52. The van der Waals surface area contributed by atoms with E-state index >= 15 is 0 Å². The number of aromatic nitrogens is 2. The molecule has 8 aromatic carbocycles. The summed E-state index contributed by atoms with van der Waals surface area (Å²) in [6, 6.07) is 34.1. The molecule has 0 atom stereocenters. The van der Waals surface area contributed by atoms with E-state index in [1.165, 1.54) is 6.07 Å². The second-order valence-corrected chi connectivity index (χ2v) is 11.2. The van der Waals surface area contributed by atoms with Gasteiger partial charge in [-0.15, -0.1) is 0 Å². The lowest BCUT2D eigenvalue weighted by atomic mass is 9.87. The smallest absolute Gasteiger partial charge is 0.145 e. The highest BCUT2D eigenvalue weighted by molar-refractivity contribution is 6.19. The Morgan fingerprint density at radius 2 is 0.915 bits per heavy atom. The van der Waals surface area contributed by atoms with Gasteiger partial charge in [-0.2, -0.15) is 0 Å². The fraction of sp³-hybridized carbons (Fsp3) is 0. The summed E-state index contributed by atoms with van der Waals surface area (Å²) in [7, 11) is 0. The normalized spacial score (nSPS) is 14.4. The number of fused-ring (bicyclic) bond motifs is 3. The Labute approximate surface area is 287 Å². The van der Waals surface area contributed by atoms with Crippen molar-refractivity contribution in [2.24, 2.45) is 0 Å². The van der Waals surface area contributed by atoms with E-state index in [4.69, 9.17) is 18.7 Å². The zero-order valence-corrected chi connectivity index (χ0v) is 24.9. The number of imidazole rings is 1. The summed E-state index contributed by atoms with van der Waals surface area (Å²) in [5.41, 5.74) is 5.18. The summed E-state index contributed by atoms with van der Waals surface area (Å²) in [5, 5.41) is 3.41. The van der Waals surface area contributed by atoms with E-state index in [1.807, 2.05) is 103 Å². The van der Waals surface area contributed by atoms with Gasteiger partial charge in [0.15, 0.2) is 0 Å². The van der Waals surface area contributed by atoms with Crippen molar-refractivity contribution < 1.29 is 13.7 Å². The van der Waals surface area contributed by atoms with Gasteiger partial charge in [-0.3, -0.25) is 4.57 Å². The number of benzene rings is 8. The fourth-order valence-corrected chi connectivity index (χ4v) is 6.54. The van der Waals surface area contributed by atoms with Crippen molar-refractivity contribution in [3.05, 3.63) is 182 Å². The monoisotopic (exact) mass is 608 g/mol. The van der Waals surface area contributed by atoms with Gasteiger partial charge < -0.3 is 0 Å². The van der Waals surface area contributed by atoms with E-state index < -0.39 is 60.4 Å². The molecule has 0 radical (unpaired) electrons. The van der Waals surface area contributed by atoms with Crippen LogP contribution in [-0.4, -0.2) is 9.55 Å². The summed E-state index contributed by atoms with van der Waals surface area (Å²) in [4.78, 5) is 5.12. The zero-order chi connectivity index (χ0) is 39.9.